The highest BCUT2D eigenvalue weighted by Crippen LogP contribution is 2.26. The summed E-state index contributed by atoms with van der Waals surface area (Å²) in [6.07, 6.45) is 4.02. The van der Waals surface area contributed by atoms with Gasteiger partial charge in [0.2, 0.25) is 10.0 Å². The Kier molecular flexibility index (Phi) is 4.24. The summed E-state index contributed by atoms with van der Waals surface area (Å²) in [5, 5.41) is 7.47. The maximum absolute atomic E-state index is 12.0. The number of ether oxygens (including phenoxy) is 1. The van der Waals surface area contributed by atoms with E-state index in [1.165, 1.54) is 0 Å². The van der Waals surface area contributed by atoms with E-state index in [4.69, 9.17) is 15.9 Å². The van der Waals surface area contributed by atoms with Gasteiger partial charge < -0.3 is 10.5 Å². The van der Waals surface area contributed by atoms with Crippen LogP contribution in [0, 0.1) is 11.3 Å². The van der Waals surface area contributed by atoms with E-state index in [1.54, 1.807) is 0 Å². The summed E-state index contributed by atoms with van der Waals surface area (Å²) in [5.41, 5.74) is 5.49. The Labute approximate surface area is 108 Å². The standard InChI is InChI=1S/C11H21N3O3S/c12-11(13)9-4-1-5-10(9)14-18(15,16)7-8-3-2-6-17-8/h8-10,14H,1-7H2,(H3,12,13). The lowest BCUT2D eigenvalue weighted by Gasteiger charge is -2.20. The molecule has 0 amide bonds. The average molecular weight is 275 g/mol. The van der Waals surface area contributed by atoms with Crippen molar-refractivity contribution in [3.05, 3.63) is 0 Å². The third kappa shape index (κ3) is 3.43. The number of hydrogen-bond donors (Lipinski definition) is 3. The number of nitrogens with one attached hydrogen (secondary N) is 2. The second-order valence-electron chi connectivity index (χ2n) is 5.13. The lowest BCUT2D eigenvalue weighted by molar-refractivity contribution is 0.127. The van der Waals surface area contributed by atoms with Crippen molar-refractivity contribution in [2.24, 2.45) is 11.7 Å². The molecule has 2 rings (SSSR count). The van der Waals surface area contributed by atoms with E-state index in [-0.39, 0.29) is 29.7 Å². The molecule has 1 aliphatic heterocycles. The van der Waals surface area contributed by atoms with Crippen molar-refractivity contribution in [1.82, 2.24) is 4.72 Å². The minimum atomic E-state index is -3.34. The number of hydrogen-bond acceptors (Lipinski definition) is 4. The monoisotopic (exact) mass is 275 g/mol. The minimum absolute atomic E-state index is 0.0219. The summed E-state index contributed by atoms with van der Waals surface area (Å²) in [5.74, 6) is -0.0460. The van der Waals surface area contributed by atoms with Crippen molar-refractivity contribution in [3.8, 4) is 0 Å². The van der Waals surface area contributed by atoms with Crippen LogP contribution in [-0.2, 0) is 14.8 Å². The molecule has 0 aromatic rings. The lowest BCUT2D eigenvalue weighted by atomic mass is 10.0. The molecule has 0 aromatic heterocycles. The van der Waals surface area contributed by atoms with Crippen molar-refractivity contribution in [2.45, 2.75) is 44.2 Å². The van der Waals surface area contributed by atoms with E-state index in [9.17, 15) is 8.42 Å². The van der Waals surface area contributed by atoms with Crippen LogP contribution in [-0.4, -0.2) is 38.8 Å². The molecule has 0 aromatic carbocycles. The molecule has 4 N–H and O–H groups in total. The Bertz CT molecular complexity index is 404. The number of nitrogens with two attached hydrogens (primary N) is 1. The minimum Gasteiger partial charge on any atom is -0.387 e. The Morgan fingerprint density at radius 2 is 2.11 bits per heavy atom. The Morgan fingerprint density at radius 1 is 1.33 bits per heavy atom. The molecular weight excluding hydrogens is 254 g/mol. The highest BCUT2D eigenvalue weighted by atomic mass is 32.2. The third-order valence-corrected chi connectivity index (χ3v) is 5.15. The van der Waals surface area contributed by atoms with Gasteiger partial charge in [-0.2, -0.15) is 0 Å². The van der Waals surface area contributed by atoms with Crippen LogP contribution in [0.2, 0.25) is 0 Å². The van der Waals surface area contributed by atoms with E-state index in [0.29, 0.717) is 6.61 Å². The van der Waals surface area contributed by atoms with Crippen LogP contribution in [0.1, 0.15) is 32.1 Å². The highest BCUT2D eigenvalue weighted by molar-refractivity contribution is 7.89. The fourth-order valence-electron chi connectivity index (χ4n) is 2.77. The first kappa shape index (κ1) is 13.8. The molecule has 2 aliphatic rings. The van der Waals surface area contributed by atoms with Gasteiger partial charge in [0.25, 0.3) is 0 Å². The van der Waals surface area contributed by atoms with Crippen molar-refractivity contribution in [1.29, 1.82) is 5.41 Å². The van der Waals surface area contributed by atoms with Gasteiger partial charge in [0.05, 0.1) is 17.7 Å². The summed E-state index contributed by atoms with van der Waals surface area (Å²) in [6, 6.07) is -0.214. The van der Waals surface area contributed by atoms with Gasteiger partial charge in [0.1, 0.15) is 0 Å². The van der Waals surface area contributed by atoms with E-state index in [1.807, 2.05) is 0 Å². The Morgan fingerprint density at radius 3 is 2.72 bits per heavy atom. The molecular formula is C11H21N3O3S. The predicted molar refractivity (Wildman–Crippen MR) is 68.9 cm³/mol. The molecule has 3 unspecified atom stereocenters. The molecule has 6 nitrogen and oxygen atoms in total. The van der Waals surface area contributed by atoms with Crippen molar-refractivity contribution >= 4 is 15.9 Å². The van der Waals surface area contributed by atoms with Gasteiger partial charge >= 0.3 is 0 Å². The van der Waals surface area contributed by atoms with E-state index in [2.05, 4.69) is 4.72 Å². The fourth-order valence-corrected chi connectivity index (χ4v) is 4.36. The first-order valence-electron chi connectivity index (χ1n) is 6.43. The fraction of sp³-hybridized carbons (Fsp3) is 0.909. The van der Waals surface area contributed by atoms with Crippen LogP contribution in [0.15, 0.2) is 0 Å². The molecule has 0 radical (unpaired) electrons. The van der Waals surface area contributed by atoms with Gasteiger partial charge in [-0.3, -0.25) is 5.41 Å². The van der Waals surface area contributed by atoms with Gasteiger partial charge in [0.15, 0.2) is 0 Å². The summed E-state index contributed by atoms with van der Waals surface area (Å²) < 4.78 is 32.0. The molecule has 1 saturated heterocycles. The first-order valence-corrected chi connectivity index (χ1v) is 8.09. The summed E-state index contributed by atoms with van der Waals surface area (Å²) in [7, 11) is -3.34. The topological polar surface area (TPSA) is 105 Å². The second kappa shape index (κ2) is 5.54. The normalized spacial score (nSPS) is 32.8. The summed E-state index contributed by atoms with van der Waals surface area (Å²) >= 11 is 0. The van der Waals surface area contributed by atoms with Crippen LogP contribution in [0.4, 0.5) is 0 Å². The van der Waals surface area contributed by atoms with E-state index >= 15 is 0 Å². The average Bonchev–Trinajstić information content (AvgIpc) is 2.87. The molecule has 0 spiro atoms. The van der Waals surface area contributed by atoms with Gasteiger partial charge in [-0.1, -0.05) is 6.42 Å². The SMILES string of the molecule is N=C(N)C1CCCC1NS(=O)(=O)CC1CCCO1. The maximum Gasteiger partial charge on any atom is 0.214 e. The first-order chi connectivity index (χ1) is 8.48. The van der Waals surface area contributed by atoms with Crippen molar-refractivity contribution in [2.75, 3.05) is 12.4 Å². The zero-order valence-corrected chi connectivity index (χ0v) is 11.2. The third-order valence-electron chi connectivity index (χ3n) is 3.68. The van der Waals surface area contributed by atoms with Gasteiger partial charge in [-0.05, 0) is 25.7 Å². The lowest BCUT2D eigenvalue weighted by Crippen LogP contribution is -2.44. The molecule has 1 aliphatic carbocycles. The molecule has 1 heterocycles. The molecule has 104 valence electrons. The number of rotatable bonds is 5. The van der Waals surface area contributed by atoms with Crippen LogP contribution >= 0.6 is 0 Å². The predicted octanol–water partition coefficient (Wildman–Crippen LogP) is 0.189. The second-order valence-corrected chi connectivity index (χ2v) is 6.93. The largest absolute Gasteiger partial charge is 0.387 e. The molecule has 18 heavy (non-hydrogen) atoms. The van der Waals surface area contributed by atoms with Crippen LogP contribution in [0.25, 0.3) is 0 Å². The number of sulfonamides is 1. The van der Waals surface area contributed by atoms with Crippen LogP contribution in [0.5, 0.6) is 0 Å². The van der Waals surface area contributed by atoms with E-state index < -0.39 is 10.0 Å². The van der Waals surface area contributed by atoms with Gasteiger partial charge in [-0.15, -0.1) is 0 Å². The van der Waals surface area contributed by atoms with Crippen molar-refractivity contribution < 1.29 is 13.2 Å². The molecule has 2 fully saturated rings. The van der Waals surface area contributed by atoms with Gasteiger partial charge in [-0.25, -0.2) is 13.1 Å². The van der Waals surface area contributed by atoms with Crippen LogP contribution in [0.3, 0.4) is 0 Å². The molecule has 1 saturated carbocycles. The molecule has 3 atom stereocenters. The van der Waals surface area contributed by atoms with Crippen LogP contribution < -0.4 is 10.5 Å². The number of amidine groups is 1. The molecule has 7 heteroatoms. The van der Waals surface area contributed by atoms with E-state index in [0.717, 1.165) is 32.1 Å². The van der Waals surface area contributed by atoms with Crippen molar-refractivity contribution in [3.63, 3.8) is 0 Å². The van der Waals surface area contributed by atoms with Gasteiger partial charge in [0, 0.05) is 18.6 Å². The Hall–Kier alpha value is -0.660. The summed E-state index contributed by atoms with van der Waals surface area (Å²) in [6.45, 7) is 0.652. The molecule has 0 bridgehead atoms. The zero-order chi connectivity index (χ0) is 13.2. The summed E-state index contributed by atoms with van der Waals surface area (Å²) in [4.78, 5) is 0. The maximum atomic E-state index is 12.0. The quantitative estimate of drug-likeness (QED) is 0.492. The zero-order valence-electron chi connectivity index (χ0n) is 10.4. The Balaban J connectivity index is 1.92. The smallest absolute Gasteiger partial charge is 0.214 e. The highest BCUT2D eigenvalue weighted by Gasteiger charge is 2.33.